The molecule has 2 aromatic rings. The van der Waals surface area contributed by atoms with E-state index in [1.807, 2.05) is 36.4 Å². The van der Waals surface area contributed by atoms with Crippen molar-refractivity contribution in [1.29, 1.82) is 0 Å². The molecule has 0 radical (unpaired) electrons. The highest BCUT2D eigenvalue weighted by Crippen LogP contribution is 2.17. The molecule has 0 atom stereocenters. The third-order valence-corrected chi connectivity index (χ3v) is 4.33. The molecule has 0 aliphatic carbocycles. The molecule has 128 valence electrons. The number of likely N-dealkylation sites (tertiary alicyclic amines) is 1. The van der Waals surface area contributed by atoms with Gasteiger partial charge in [0.1, 0.15) is 5.75 Å². The van der Waals surface area contributed by atoms with E-state index in [-0.39, 0.29) is 12.0 Å². The predicted molar refractivity (Wildman–Crippen MR) is 96.6 cm³/mol. The summed E-state index contributed by atoms with van der Waals surface area (Å²) in [5.41, 5.74) is 2.33. The van der Waals surface area contributed by atoms with Crippen LogP contribution in [0.25, 0.3) is 0 Å². The van der Waals surface area contributed by atoms with Gasteiger partial charge in [-0.2, -0.15) is 0 Å². The van der Waals surface area contributed by atoms with E-state index in [2.05, 4.69) is 11.8 Å². The Kier molecular flexibility index (Phi) is 5.37. The van der Waals surface area contributed by atoms with Crippen LogP contribution in [0.5, 0.6) is 5.75 Å². The second-order valence-electron chi connectivity index (χ2n) is 6.05. The number of nitrogens with zero attached hydrogens (tertiary/aromatic N) is 1. The molecule has 25 heavy (non-hydrogen) atoms. The highest BCUT2D eigenvalue weighted by atomic mass is 16.5. The van der Waals surface area contributed by atoms with Gasteiger partial charge in [-0.1, -0.05) is 24.0 Å². The maximum absolute atomic E-state index is 12.5. The molecule has 0 unspecified atom stereocenters. The Hall–Kier alpha value is -2.77. The molecule has 0 aromatic heterocycles. The molecule has 0 spiro atoms. The minimum Gasteiger partial charge on any atom is -0.495 e. The van der Waals surface area contributed by atoms with Gasteiger partial charge in [0.05, 0.1) is 18.8 Å². The van der Waals surface area contributed by atoms with Gasteiger partial charge in [-0.3, -0.25) is 4.79 Å². The Morgan fingerprint density at radius 1 is 1.08 bits per heavy atom. The molecule has 1 amide bonds. The maximum Gasteiger partial charge on any atom is 0.253 e. The summed E-state index contributed by atoms with van der Waals surface area (Å²) < 4.78 is 5.29. The summed E-state index contributed by atoms with van der Waals surface area (Å²) in [5, 5.41) is 9.54. The standard InChI is InChI=1S/C21H21NO3/c1-25-20-5-3-2-4-17(20)9-6-16-7-10-18(11-8-16)21(24)22-14-12-19(23)13-15-22/h2-5,7-8,10-11,19,23H,12-15H2,1H3. The Morgan fingerprint density at radius 3 is 2.44 bits per heavy atom. The molecular formula is C21H21NO3. The number of para-hydroxylation sites is 1. The van der Waals surface area contributed by atoms with Crippen molar-refractivity contribution in [2.24, 2.45) is 0 Å². The van der Waals surface area contributed by atoms with Crippen LogP contribution >= 0.6 is 0 Å². The van der Waals surface area contributed by atoms with Crippen molar-refractivity contribution in [2.75, 3.05) is 20.2 Å². The molecule has 1 N–H and O–H groups in total. The minimum atomic E-state index is -0.281. The summed E-state index contributed by atoms with van der Waals surface area (Å²) in [7, 11) is 1.63. The van der Waals surface area contributed by atoms with E-state index in [9.17, 15) is 9.90 Å². The topological polar surface area (TPSA) is 49.8 Å². The zero-order valence-corrected chi connectivity index (χ0v) is 14.2. The number of hydrogen-bond donors (Lipinski definition) is 1. The van der Waals surface area contributed by atoms with Gasteiger partial charge in [0, 0.05) is 24.2 Å². The Labute approximate surface area is 148 Å². The zero-order chi connectivity index (χ0) is 17.6. The summed E-state index contributed by atoms with van der Waals surface area (Å²) >= 11 is 0. The Bertz CT molecular complexity index is 794. The number of aliphatic hydroxyl groups is 1. The van der Waals surface area contributed by atoms with E-state index in [1.165, 1.54) is 0 Å². The van der Waals surface area contributed by atoms with Gasteiger partial charge < -0.3 is 14.7 Å². The van der Waals surface area contributed by atoms with Crippen LogP contribution in [-0.4, -0.2) is 42.2 Å². The number of carbonyl (C=O) groups is 1. The van der Waals surface area contributed by atoms with Crippen LogP contribution in [0.4, 0.5) is 0 Å². The van der Waals surface area contributed by atoms with Crippen LogP contribution in [0.15, 0.2) is 48.5 Å². The van der Waals surface area contributed by atoms with Crippen molar-refractivity contribution < 1.29 is 14.6 Å². The summed E-state index contributed by atoms with van der Waals surface area (Å²) in [6.45, 7) is 1.21. The lowest BCUT2D eigenvalue weighted by molar-refractivity contribution is 0.0546. The number of carbonyl (C=O) groups excluding carboxylic acids is 1. The summed E-state index contributed by atoms with van der Waals surface area (Å²) in [6, 6.07) is 14.9. The third-order valence-electron chi connectivity index (χ3n) is 4.33. The van der Waals surface area contributed by atoms with Crippen LogP contribution in [0.2, 0.25) is 0 Å². The monoisotopic (exact) mass is 335 g/mol. The van der Waals surface area contributed by atoms with Crippen LogP contribution < -0.4 is 4.74 Å². The lowest BCUT2D eigenvalue weighted by Crippen LogP contribution is -2.40. The van der Waals surface area contributed by atoms with E-state index < -0.39 is 0 Å². The number of aliphatic hydroxyl groups excluding tert-OH is 1. The first-order valence-electron chi connectivity index (χ1n) is 8.40. The van der Waals surface area contributed by atoms with E-state index in [0.717, 1.165) is 16.9 Å². The maximum atomic E-state index is 12.5. The molecule has 1 heterocycles. The SMILES string of the molecule is COc1ccccc1C#Cc1ccc(C(=O)N2CCC(O)CC2)cc1. The number of rotatable bonds is 2. The molecular weight excluding hydrogens is 314 g/mol. The molecule has 2 aromatic carbocycles. The average molecular weight is 335 g/mol. The zero-order valence-electron chi connectivity index (χ0n) is 14.2. The van der Waals surface area contributed by atoms with Crippen molar-refractivity contribution in [3.63, 3.8) is 0 Å². The number of ether oxygens (including phenoxy) is 1. The van der Waals surface area contributed by atoms with Crippen LogP contribution in [0.3, 0.4) is 0 Å². The van der Waals surface area contributed by atoms with E-state index in [1.54, 1.807) is 24.1 Å². The van der Waals surface area contributed by atoms with Crippen molar-refractivity contribution in [3.05, 3.63) is 65.2 Å². The second-order valence-corrected chi connectivity index (χ2v) is 6.05. The summed E-state index contributed by atoms with van der Waals surface area (Å²) in [5.74, 6) is 6.95. The lowest BCUT2D eigenvalue weighted by atomic mass is 10.1. The number of methoxy groups -OCH3 is 1. The van der Waals surface area contributed by atoms with Crippen LogP contribution in [0.1, 0.15) is 34.3 Å². The first-order valence-corrected chi connectivity index (χ1v) is 8.40. The van der Waals surface area contributed by atoms with Gasteiger partial charge >= 0.3 is 0 Å². The van der Waals surface area contributed by atoms with Crippen LogP contribution in [-0.2, 0) is 0 Å². The van der Waals surface area contributed by atoms with Gasteiger partial charge in [-0.05, 0) is 49.2 Å². The average Bonchev–Trinajstić information content (AvgIpc) is 2.67. The molecule has 1 saturated heterocycles. The summed E-state index contributed by atoms with van der Waals surface area (Å²) in [6.07, 6.45) is 1.01. The van der Waals surface area contributed by atoms with Crippen molar-refractivity contribution in [2.45, 2.75) is 18.9 Å². The number of amides is 1. The molecule has 1 aliphatic heterocycles. The highest BCUT2D eigenvalue weighted by Gasteiger charge is 2.22. The first-order chi connectivity index (χ1) is 12.2. The fourth-order valence-corrected chi connectivity index (χ4v) is 2.84. The lowest BCUT2D eigenvalue weighted by Gasteiger charge is -2.29. The normalized spacial score (nSPS) is 14.6. The fourth-order valence-electron chi connectivity index (χ4n) is 2.84. The van der Waals surface area contributed by atoms with Crippen LogP contribution in [0, 0.1) is 11.8 Å². The Morgan fingerprint density at radius 2 is 1.76 bits per heavy atom. The Balaban J connectivity index is 1.71. The largest absolute Gasteiger partial charge is 0.495 e. The van der Waals surface area contributed by atoms with Crippen molar-refractivity contribution >= 4 is 5.91 Å². The smallest absolute Gasteiger partial charge is 0.253 e. The molecule has 0 saturated carbocycles. The molecule has 4 nitrogen and oxygen atoms in total. The first kappa shape index (κ1) is 17.1. The highest BCUT2D eigenvalue weighted by molar-refractivity contribution is 5.94. The number of hydrogen-bond acceptors (Lipinski definition) is 3. The summed E-state index contributed by atoms with van der Waals surface area (Å²) in [4.78, 5) is 14.3. The third kappa shape index (κ3) is 4.20. The number of benzene rings is 2. The molecule has 0 bridgehead atoms. The van der Waals surface area contributed by atoms with Gasteiger partial charge in [0.2, 0.25) is 0 Å². The minimum absolute atomic E-state index is 0.0103. The molecule has 1 fully saturated rings. The molecule has 3 rings (SSSR count). The van der Waals surface area contributed by atoms with E-state index in [4.69, 9.17) is 4.74 Å². The fraction of sp³-hybridized carbons (Fsp3) is 0.286. The van der Waals surface area contributed by atoms with Gasteiger partial charge in [0.25, 0.3) is 5.91 Å². The molecule has 1 aliphatic rings. The predicted octanol–water partition coefficient (Wildman–Crippen LogP) is 2.69. The molecule has 4 heteroatoms. The quantitative estimate of drug-likeness (QED) is 0.859. The van der Waals surface area contributed by atoms with E-state index >= 15 is 0 Å². The van der Waals surface area contributed by atoms with Crippen molar-refractivity contribution in [3.8, 4) is 17.6 Å². The number of piperidine rings is 1. The van der Waals surface area contributed by atoms with E-state index in [0.29, 0.717) is 31.5 Å². The second kappa shape index (κ2) is 7.87. The van der Waals surface area contributed by atoms with Gasteiger partial charge in [0.15, 0.2) is 0 Å². The van der Waals surface area contributed by atoms with Crippen molar-refractivity contribution in [1.82, 2.24) is 4.90 Å². The van der Waals surface area contributed by atoms with Gasteiger partial charge in [-0.15, -0.1) is 0 Å². The van der Waals surface area contributed by atoms with Gasteiger partial charge in [-0.25, -0.2) is 0 Å².